The number of hydrogen-bond acceptors (Lipinski definition) is 4. The SMILES string of the molecule is CCCCCCNC(=O)C[C@@H](NS(=O)(=O)c1ccc(OC)cc1)C(C)C. The second-order valence-corrected chi connectivity index (χ2v) is 8.48. The Morgan fingerprint density at radius 1 is 1.12 bits per heavy atom. The molecule has 1 atom stereocenters. The average molecular weight is 385 g/mol. The van der Waals surface area contributed by atoms with Gasteiger partial charge in [-0.3, -0.25) is 4.79 Å². The molecule has 1 amide bonds. The predicted molar refractivity (Wildman–Crippen MR) is 104 cm³/mol. The van der Waals surface area contributed by atoms with E-state index in [1.165, 1.54) is 19.2 Å². The standard InChI is InChI=1S/C19H32N2O4S/c1-5-6-7-8-13-20-19(22)14-18(15(2)3)21-26(23,24)17-11-9-16(25-4)10-12-17/h9-12,15,18,21H,5-8,13-14H2,1-4H3,(H,20,22)/t18-/m1/s1. The highest BCUT2D eigenvalue weighted by Gasteiger charge is 2.24. The fourth-order valence-electron chi connectivity index (χ4n) is 2.49. The van der Waals surface area contributed by atoms with Crippen LogP contribution in [-0.2, 0) is 14.8 Å². The molecule has 0 aromatic heterocycles. The predicted octanol–water partition coefficient (Wildman–Crippen LogP) is 3.08. The lowest BCUT2D eigenvalue weighted by Crippen LogP contribution is -2.42. The van der Waals surface area contributed by atoms with E-state index >= 15 is 0 Å². The van der Waals surface area contributed by atoms with Gasteiger partial charge in [0.1, 0.15) is 5.75 Å². The summed E-state index contributed by atoms with van der Waals surface area (Å²) < 4.78 is 32.9. The van der Waals surface area contributed by atoms with Crippen LogP contribution in [0.1, 0.15) is 52.9 Å². The summed E-state index contributed by atoms with van der Waals surface area (Å²) in [5, 5.41) is 2.88. The zero-order valence-corrected chi connectivity index (χ0v) is 17.1. The summed E-state index contributed by atoms with van der Waals surface area (Å²) in [6, 6.07) is 5.72. The van der Waals surface area contributed by atoms with E-state index in [0.29, 0.717) is 12.3 Å². The molecule has 0 heterocycles. The Balaban J connectivity index is 2.64. The highest BCUT2D eigenvalue weighted by molar-refractivity contribution is 7.89. The van der Waals surface area contributed by atoms with E-state index in [0.717, 1.165) is 25.7 Å². The van der Waals surface area contributed by atoms with E-state index in [1.807, 2.05) is 13.8 Å². The van der Waals surface area contributed by atoms with Gasteiger partial charge in [0.2, 0.25) is 15.9 Å². The first-order valence-corrected chi connectivity index (χ1v) is 10.7. The van der Waals surface area contributed by atoms with Gasteiger partial charge in [0, 0.05) is 19.0 Å². The minimum Gasteiger partial charge on any atom is -0.497 e. The van der Waals surface area contributed by atoms with Crippen LogP contribution in [0.15, 0.2) is 29.2 Å². The van der Waals surface area contributed by atoms with Gasteiger partial charge in [0.15, 0.2) is 0 Å². The lowest BCUT2D eigenvalue weighted by molar-refractivity contribution is -0.121. The lowest BCUT2D eigenvalue weighted by atomic mass is 10.0. The maximum absolute atomic E-state index is 12.6. The van der Waals surface area contributed by atoms with Gasteiger partial charge in [-0.2, -0.15) is 0 Å². The Hall–Kier alpha value is -1.60. The van der Waals surface area contributed by atoms with Gasteiger partial charge < -0.3 is 10.1 Å². The van der Waals surface area contributed by atoms with Gasteiger partial charge in [0.25, 0.3) is 0 Å². The molecule has 0 bridgehead atoms. The number of benzene rings is 1. The van der Waals surface area contributed by atoms with Crippen molar-refractivity contribution in [2.24, 2.45) is 5.92 Å². The normalized spacial score (nSPS) is 12.8. The van der Waals surface area contributed by atoms with E-state index in [1.54, 1.807) is 12.1 Å². The highest BCUT2D eigenvalue weighted by Crippen LogP contribution is 2.17. The van der Waals surface area contributed by atoms with E-state index in [9.17, 15) is 13.2 Å². The van der Waals surface area contributed by atoms with Crippen LogP contribution in [0.25, 0.3) is 0 Å². The molecule has 0 spiro atoms. The number of carbonyl (C=O) groups excluding carboxylic acids is 1. The van der Waals surface area contributed by atoms with Crippen LogP contribution in [-0.4, -0.2) is 34.0 Å². The molecule has 0 saturated heterocycles. The lowest BCUT2D eigenvalue weighted by Gasteiger charge is -2.22. The minimum absolute atomic E-state index is 0.00568. The molecule has 0 fully saturated rings. The third-order valence-corrected chi connectivity index (χ3v) is 5.74. The minimum atomic E-state index is -3.69. The molecule has 0 saturated carbocycles. The van der Waals surface area contributed by atoms with E-state index in [4.69, 9.17) is 4.74 Å². The number of nitrogens with one attached hydrogen (secondary N) is 2. The van der Waals surface area contributed by atoms with Gasteiger partial charge in [-0.1, -0.05) is 40.0 Å². The smallest absolute Gasteiger partial charge is 0.240 e. The number of amides is 1. The van der Waals surface area contributed by atoms with Gasteiger partial charge in [-0.25, -0.2) is 13.1 Å². The van der Waals surface area contributed by atoms with Crippen molar-refractivity contribution in [2.75, 3.05) is 13.7 Å². The number of methoxy groups -OCH3 is 1. The summed E-state index contributed by atoms with van der Waals surface area (Å²) >= 11 is 0. The Morgan fingerprint density at radius 2 is 1.77 bits per heavy atom. The van der Waals surface area contributed by atoms with E-state index in [-0.39, 0.29) is 23.1 Å². The maximum Gasteiger partial charge on any atom is 0.240 e. The van der Waals surface area contributed by atoms with Crippen molar-refractivity contribution in [3.63, 3.8) is 0 Å². The van der Waals surface area contributed by atoms with Crippen molar-refractivity contribution in [1.82, 2.24) is 10.0 Å². The van der Waals surface area contributed by atoms with Crippen molar-refractivity contribution in [3.8, 4) is 5.75 Å². The quantitative estimate of drug-likeness (QED) is 0.542. The summed E-state index contributed by atoms with van der Waals surface area (Å²) in [5.41, 5.74) is 0. The topological polar surface area (TPSA) is 84.5 Å². The Kier molecular flexibility index (Phi) is 9.65. The summed E-state index contributed by atoms with van der Waals surface area (Å²) in [6.07, 6.45) is 4.47. The summed E-state index contributed by atoms with van der Waals surface area (Å²) in [5.74, 6) is 0.457. The molecule has 0 radical (unpaired) electrons. The fourth-order valence-corrected chi connectivity index (χ4v) is 3.87. The Labute approximate surface area is 157 Å². The van der Waals surface area contributed by atoms with E-state index < -0.39 is 16.1 Å². The van der Waals surface area contributed by atoms with E-state index in [2.05, 4.69) is 17.0 Å². The molecule has 7 heteroatoms. The Morgan fingerprint density at radius 3 is 2.31 bits per heavy atom. The van der Waals surface area contributed by atoms with Crippen LogP contribution in [0.4, 0.5) is 0 Å². The summed E-state index contributed by atoms with van der Waals surface area (Å²) in [6.45, 7) is 6.57. The maximum atomic E-state index is 12.6. The number of rotatable bonds is 12. The number of ether oxygens (including phenoxy) is 1. The third kappa shape index (κ3) is 7.74. The largest absolute Gasteiger partial charge is 0.497 e. The third-order valence-electron chi connectivity index (χ3n) is 4.24. The fraction of sp³-hybridized carbons (Fsp3) is 0.632. The van der Waals surface area contributed by atoms with Gasteiger partial charge in [-0.05, 0) is 36.6 Å². The second kappa shape index (κ2) is 11.2. The summed E-state index contributed by atoms with van der Waals surface area (Å²) in [4.78, 5) is 12.3. The molecular formula is C19H32N2O4S. The number of sulfonamides is 1. The monoisotopic (exact) mass is 384 g/mol. The molecule has 1 aromatic rings. The van der Waals surface area contributed by atoms with Crippen molar-refractivity contribution < 1.29 is 17.9 Å². The molecule has 0 aliphatic carbocycles. The van der Waals surface area contributed by atoms with Gasteiger partial charge in [-0.15, -0.1) is 0 Å². The van der Waals surface area contributed by atoms with Crippen LogP contribution < -0.4 is 14.8 Å². The molecule has 1 rings (SSSR count). The van der Waals surface area contributed by atoms with Gasteiger partial charge >= 0.3 is 0 Å². The molecule has 26 heavy (non-hydrogen) atoms. The summed E-state index contributed by atoms with van der Waals surface area (Å²) in [7, 11) is -2.17. The molecule has 148 valence electrons. The molecular weight excluding hydrogens is 352 g/mol. The molecule has 1 aromatic carbocycles. The zero-order valence-electron chi connectivity index (χ0n) is 16.2. The first kappa shape index (κ1) is 22.4. The molecule has 2 N–H and O–H groups in total. The van der Waals surface area contributed by atoms with Crippen LogP contribution in [0.5, 0.6) is 5.75 Å². The number of unbranched alkanes of at least 4 members (excludes halogenated alkanes) is 3. The van der Waals surface area contributed by atoms with Gasteiger partial charge in [0.05, 0.1) is 12.0 Å². The molecule has 6 nitrogen and oxygen atoms in total. The second-order valence-electron chi connectivity index (χ2n) is 6.76. The van der Waals surface area contributed by atoms with Crippen molar-refractivity contribution in [1.29, 1.82) is 0 Å². The first-order chi connectivity index (χ1) is 12.3. The Bertz CT molecular complexity index is 642. The number of carbonyl (C=O) groups is 1. The van der Waals surface area contributed by atoms with Crippen LogP contribution >= 0.6 is 0 Å². The average Bonchev–Trinajstić information content (AvgIpc) is 2.60. The first-order valence-electron chi connectivity index (χ1n) is 9.23. The number of hydrogen-bond donors (Lipinski definition) is 2. The van der Waals surface area contributed by atoms with Crippen LogP contribution in [0.2, 0.25) is 0 Å². The van der Waals surface area contributed by atoms with Crippen molar-refractivity contribution >= 4 is 15.9 Å². The molecule has 0 aliphatic heterocycles. The molecule has 0 unspecified atom stereocenters. The highest BCUT2D eigenvalue weighted by atomic mass is 32.2. The van der Waals surface area contributed by atoms with Crippen molar-refractivity contribution in [2.45, 2.75) is 63.8 Å². The van der Waals surface area contributed by atoms with Crippen LogP contribution in [0.3, 0.4) is 0 Å². The zero-order chi connectivity index (χ0) is 19.6. The van der Waals surface area contributed by atoms with Crippen molar-refractivity contribution in [3.05, 3.63) is 24.3 Å². The van der Waals surface area contributed by atoms with Crippen LogP contribution in [0, 0.1) is 5.92 Å². The molecule has 0 aliphatic rings.